The van der Waals surface area contributed by atoms with Crippen LogP contribution in [0.2, 0.25) is 0 Å². The molecule has 0 radical (unpaired) electrons. The number of likely N-dealkylation sites (N-methyl/N-ethyl adjacent to an activating group) is 1. The summed E-state index contributed by atoms with van der Waals surface area (Å²) >= 11 is 0. The fraction of sp³-hybridized carbons (Fsp3) is 0.480. The molecular formula is C25H34N8O3. The Bertz CT molecular complexity index is 1190. The van der Waals surface area contributed by atoms with E-state index >= 15 is 0 Å². The Labute approximate surface area is 210 Å². The Morgan fingerprint density at radius 3 is 2.14 bits per heavy atom. The molecule has 3 heterocycles. The van der Waals surface area contributed by atoms with Gasteiger partial charge in [0.2, 0.25) is 5.91 Å². The van der Waals surface area contributed by atoms with E-state index in [4.69, 9.17) is 0 Å². The van der Waals surface area contributed by atoms with Gasteiger partial charge in [0.15, 0.2) is 0 Å². The fourth-order valence-corrected chi connectivity index (χ4v) is 4.54. The van der Waals surface area contributed by atoms with E-state index in [0.29, 0.717) is 42.1 Å². The molecule has 36 heavy (non-hydrogen) atoms. The normalized spacial score (nSPS) is 19.3. The molecule has 11 heteroatoms. The highest BCUT2D eigenvalue weighted by molar-refractivity contribution is 6.05. The maximum Gasteiger partial charge on any atom is 0.272 e. The second-order valence-corrected chi connectivity index (χ2v) is 9.59. The summed E-state index contributed by atoms with van der Waals surface area (Å²) in [7, 11) is 7.37. The fourth-order valence-electron chi connectivity index (χ4n) is 4.54. The molecule has 2 bridgehead atoms. The number of nitrogens with zero attached hydrogens (tertiary/aromatic N) is 5. The van der Waals surface area contributed by atoms with Crippen molar-refractivity contribution in [3.63, 3.8) is 0 Å². The molecule has 3 amide bonds. The number of anilines is 2. The standard InChI is InChI=1S/C25H34N8O3/c1-31(2)11-10-26-24(35)21-13-17(15-32(21)3)28-25(36)22-12-16(14-33(22)4)27-23(34)7-5-6-18-19-8-9-20(18)30-29-19/h6,12-15,19-20H,5,7-11H2,1-4H3,(H,26,35)(H,27,34)(H,28,36)/t19-,20?/m1/s1. The zero-order chi connectivity index (χ0) is 25.8. The third-order valence-corrected chi connectivity index (χ3v) is 6.44. The summed E-state index contributed by atoms with van der Waals surface area (Å²) < 4.78 is 3.33. The van der Waals surface area contributed by atoms with Crippen LogP contribution in [-0.4, -0.2) is 71.0 Å². The van der Waals surface area contributed by atoms with Crippen LogP contribution in [0.4, 0.5) is 11.4 Å². The summed E-state index contributed by atoms with van der Waals surface area (Å²) in [6.07, 6.45) is 8.58. The summed E-state index contributed by atoms with van der Waals surface area (Å²) in [5, 5.41) is 17.0. The van der Waals surface area contributed by atoms with Crippen molar-refractivity contribution in [2.45, 2.75) is 37.8 Å². The average Bonchev–Trinajstić information content (AvgIpc) is 3.58. The molecule has 192 valence electrons. The minimum atomic E-state index is -0.336. The number of azo groups is 1. The maximum atomic E-state index is 12.9. The minimum Gasteiger partial charge on any atom is -0.349 e. The molecule has 1 aliphatic carbocycles. The number of carbonyl (C=O) groups is 3. The van der Waals surface area contributed by atoms with E-state index in [2.05, 4.69) is 32.3 Å². The molecule has 4 rings (SSSR count). The Morgan fingerprint density at radius 2 is 1.56 bits per heavy atom. The van der Waals surface area contributed by atoms with Crippen LogP contribution < -0.4 is 16.0 Å². The molecule has 2 aromatic rings. The molecule has 11 nitrogen and oxygen atoms in total. The number of aryl methyl sites for hydroxylation is 2. The van der Waals surface area contributed by atoms with Gasteiger partial charge in [-0.25, -0.2) is 0 Å². The molecule has 1 saturated carbocycles. The molecule has 2 aliphatic rings. The Hall–Kier alpha value is -3.73. The molecule has 3 N–H and O–H groups in total. The van der Waals surface area contributed by atoms with E-state index in [-0.39, 0.29) is 29.8 Å². The summed E-state index contributed by atoms with van der Waals surface area (Å²) in [5.74, 6) is -0.655. The molecule has 2 atom stereocenters. The van der Waals surface area contributed by atoms with Gasteiger partial charge in [0, 0.05) is 46.0 Å². The molecule has 0 aromatic carbocycles. The third kappa shape index (κ3) is 5.91. The van der Waals surface area contributed by atoms with Gasteiger partial charge in [-0.3, -0.25) is 14.4 Å². The van der Waals surface area contributed by atoms with Gasteiger partial charge in [0.1, 0.15) is 11.4 Å². The first-order valence-electron chi connectivity index (χ1n) is 12.2. The van der Waals surface area contributed by atoms with Gasteiger partial charge in [-0.2, -0.15) is 10.2 Å². The summed E-state index contributed by atoms with van der Waals surface area (Å²) in [6.45, 7) is 1.26. The van der Waals surface area contributed by atoms with Crippen LogP contribution in [-0.2, 0) is 18.9 Å². The van der Waals surface area contributed by atoms with E-state index in [1.807, 2.05) is 19.0 Å². The van der Waals surface area contributed by atoms with Gasteiger partial charge in [-0.1, -0.05) is 6.08 Å². The predicted octanol–water partition coefficient (Wildman–Crippen LogP) is 2.55. The lowest BCUT2D eigenvalue weighted by Crippen LogP contribution is -2.32. The first kappa shape index (κ1) is 25.4. The highest BCUT2D eigenvalue weighted by Crippen LogP contribution is 2.37. The zero-order valence-corrected chi connectivity index (χ0v) is 21.2. The van der Waals surface area contributed by atoms with Gasteiger partial charge >= 0.3 is 0 Å². The number of fused-ring (bicyclic) bond motifs is 2. The lowest BCUT2D eigenvalue weighted by atomic mass is 10.1. The smallest absolute Gasteiger partial charge is 0.272 e. The average molecular weight is 495 g/mol. The van der Waals surface area contributed by atoms with Crippen molar-refractivity contribution < 1.29 is 14.4 Å². The Balaban J connectivity index is 1.29. The van der Waals surface area contributed by atoms with E-state index in [1.165, 1.54) is 5.57 Å². The highest BCUT2D eigenvalue weighted by atomic mass is 16.2. The molecule has 1 unspecified atom stereocenters. The Kier molecular flexibility index (Phi) is 7.68. The van der Waals surface area contributed by atoms with E-state index in [1.54, 1.807) is 47.8 Å². The first-order chi connectivity index (χ1) is 17.2. The van der Waals surface area contributed by atoms with Crippen molar-refractivity contribution in [1.82, 2.24) is 19.4 Å². The molecule has 2 aromatic heterocycles. The van der Waals surface area contributed by atoms with Crippen molar-refractivity contribution in [1.29, 1.82) is 0 Å². The second kappa shape index (κ2) is 10.9. The van der Waals surface area contributed by atoms with Gasteiger partial charge in [0.05, 0.1) is 23.5 Å². The number of rotatable bonds is 10. The SMILES string of the molecule is CN(C)CCNC(=O)c1cc(NC(=O)c2cc(NC(=O)CCC=C3C4CC[C@H]3N=N4)cn2C)cn1C. The first-order valence-corrected chi connectivity index (χ1v) is 12.2. The van der Waals surface area contributed by atoms with Crippen LogP contribution in [0, 0.1) is 0 Å². The van der Waals surface area contributed by atoms with Crippen molar-refractivity contribution in [3.05, 3.63) is 47.6 Å². The molecule has 1 fully saturated rings. The number of aromatic nitrogens is 2. The van der Waals surface area contributed by atoms with Gasteiger partial charge in [0.25, 0.3) is 11.8 Å². The number of carbonyl (C=O) groups excluding carboxylic acids is 3. The van der Waals surface area contributed by atoms with Crippen LogP contribution in [0.5, 0.6) is 0 Å². The molecule has 0 saturated heterocycles. The van der Waals surface area contributed by atoms with Crippen LogP contribution in [0.3, 0.4) is 0 Å². The predicted molar refractivity (Wildman–Crippen MR) is 137 cm³/mol. The largest absolute Gasteiger partial charge is 0.349 e. The van der Waals surface area contributed by atoms with Crippen molar-refractivity contribution in [3.8, 4) is 0 Å². The molecule has 0 spiro atoms. The van der Waals surface area contributed by atoms with Crippen LogP contribution >= 0.6 is 0 Å². The number of hydrogen-bond donors (Lipinski definition) is 3. The van der Waals surface area contributed by atoms with Gasteiger partial charge < -0.3 is 30.0 Å². The van der Waals surface area contributed by atoms with E-state index in [0.717, 1.165) is 19.4 Å². The topological polar surface area (TPSA) is 125 Å². The number of hydrogen-bond acceptors (Lipinski definition) is 6. The molecule has 1 aliphatic heterocycles. The Morgan fingerprint density at radius 1 is 0.972 bits per heavy atom. The van der Waals surface area contributed by atoms with Crippen molar-refractivity contribution in [2.24, 2.45) is 24.3 Å². The monoisotopic (exact) mass is 494 g/mol. The van der Waals surface area contributed by atoms with Crippen LogP contribution in [0.25, 0.3) is 0 Å². The van der Waals surface area contributed by atoms with Gasteiger partial charge in [-0.05, 0) is 51.1 Å². The van der Waals surface area contributed by atoms with Crippen LogP contribution in [0.15, 0.2) is 46.4 Å². The van der Waals surface area contributed by atoms with Gasteiger partial charge in [-0.15, -0.1) is 0 Å². The lowest BCUT2D eigenvalue weighted by Gasteiger charge is -2.10. The van der Waals surface area contributed by atoms with Crippen molar-refractivity contribution in [2.75, 3.05) is 37.8 Å². The number of nitrogens with one attached hydrogen (secondary N) is 3. The summed E-state index contributed by atoms with van der Waals surface area (Å²) in [6, 6.07) is 3.70. The quantitative estimate of drug-likeness (QED) is 0.439. The van der Waals surface area contributed by atoms with E-state index < -0.39 is 0 Å². The zero-order valence-electron chi connectivity index (χ0n) is 21.2. The summed E-state index contributed by atoms with van der Waals surface area (Å²) in [5.41, 5.74) is 3.15. The summed E-state index contributed by atoms with van der Waals surface area (Å²) in [4.78, 5) is 39.7. The number of amides is 3. The second-order valence-electron chi connectivity index (χ2n) is 9.59. The third-order valence-electron chi connectivity index (χ3n) is 6.44. The highest BCUT2D eigenvalue weighted by Gasteiger charge is 2.34. The molecular weight excluding hydrogens is 460 g/mol. The minimum absolute atomic E-state index is 0.114. The number of allylic oxidation sites excluding steroid dienone is 1. The lowest BCUT2D eigenvalue weighted by molar-refractivity contribution is -0.116. The van der Waals surface area contributed by atoms with E-state index in [9.17, 15) is 14.4 Å². The van der Waals surface area contributed by atoms with Crippen molar-refractivity contribution >= 4 is 29.1 Å². The maximum absolute atomic E-state index is 12.9. The van der Waals surface area contributed by atoms with Crippen LogP contribution in [0.1, 0.15) is 46.7 Å².